The molecule has 0 spiro atoms. The summed E-state index contributed by atoms with van der Waals surface area (Å²) in [6.45, 7) is 5.55. The highest BCUT2D eigenvalue weighted by atomic mass is 19.1. The highest BCUT2D eigenvalue weighted by Gasteiger charge is 2.33. The first-order valence-corrected chi connectivity index (χ1v) is 8.49. The van der Waals surface area contributed by atoms with Gasteiger partial charge in [0, 0.05) is 25.2 Å². The monoisotopic (exact) mass is 290 g/mol. The number of nitrogens with zero attached hydrogens (tertiary/aromatic N) is 1. The lowest BCUT2D eigenvalue weighted by Crippen LogP contribution is -2.32. The normalized spacial score (nSPS) is 20.0. The molecule has 0 radical (unpaired) electrons. The standard InChI is InChI=1S/C18H27FN2/c1-2-20-18(15-5-7-16(19)8-6-15)11-12-21(17-9-10-17)13-14-3-4-14/h5-8,14,17-18,20H,2-4,9-13H2,1H3. The summed E-state index contributed by atoms with van der Waals surface area (Å²) >= 11 is 0. The van der Waals surface area contributed by atoms with Gasteiger partial charge in [-0.3, -0.25) is 0 Å². The molecule has 1 atom stereocenters. The second-order valence-electron chi connectivity index (χ2n) is 6.62. The summed E-state index contributed by atoms with van der Waals surface area (Å²) in [5.74, 6) is 0.816. The predicted octanol–water partition coefficient (Wildman–Crippen LogP) is 3.74. The maximum atomic E-state index is 13.1. The largest absolute Gasteiger partial charge is 0.310 e. The van der Waals surface area contributed by atoms with Crippen LogP contribution >= 0.6 is 0 Å². The molecule has 1 aromatic rings. The van der Waals surface area contributed by atoms with Crippen molar-refractivity contribution in [1.82, 2.24) is 10.2 Å². The number of hydrogen-bond acceptors (Lipinski definition) is 2. The molecule has 0 amide bonds. The van der Waals surface area contributed by atoms with Gasteiger partial charge in [-0.05, 0) is 62.3 Å². The van der Waals surface area contributed by atoms with Crippen molar-refractivity contribution in [1.29, 1.82) is 0 Å². The summed E-state index contributed by atoms with van der Waals surface area (Å²) in [6.07, 6.45) is 6.74. The third-order valence-corrected chi connectivity index (χ3v) is 4.68. The van der Waals surface area contributed by atoms with Crippen molar-refractivity contribution in [2.45, 2.75) is 51.1 Å². The number of halogens is 1. The van der Waals surface area contributed by atoms with Crippen LogP contribution in [-0.2, 0) is 0 Å². The summed E-state index contributed by atoms with van der Waals surface area (Å²) < 4.78 is 13.1. The van der Waals surface area contributed by atoms with Gasteiger partial charge in [-0.25, -0.2) is 4.39 Å². The summed E-state index contributed by atoms with van der Waals surface area (Å²) in [5, 5.41) is 3.55. The Morgan fingerprint density at radius 1 is 1.19 bits per heavy atom. The molecule has 2 aliphatic carbocycles. The van der Waals surface area contributed by atoms with Crippen LogP contribution in [0.15, 0.2) is 24.3 Å². The summed E-state index contributed by atoms with van der Waals surface area (Å²) in [7, 11) is 0. The van der Waals surface area contributed by atoms with E-state index in [1.165, 1.54) is 37.8 Å². The molecule has 3 rings (SSSR count). The number of benzene rings is 1. The highest BCUT2D eigenvalue weighted by Crippen LogP contribution is 2.35. The minimum atomic E-state index is -0.151. The molecule has 2 saturated carbocycles. The molecule has 2 aliphatic rings. The highest BCUT2D eigenvalue weighted by molar-refractivity contribution is 5.20. The van der Waals surface area contributed by atoms with Crippen molar-refractivity contribution in [3.05, 3.63) is 35.6 Å². The quantitative estimate of drug-likeness (QED) is 0.745. The molecule has 2 nitrogen and oxygen atoms in total. The van der Waals surface area contributed by atoms with Gasteiger partial charge < -0.3 is 10.2 Å². The van der Waals surface area contributed by atoms with Gasteiger partial charge >= 0.3 is 0 Å². The number of nitrogens with one attached hydrogen (secondary N) is 1. The topological polar surface area (TPSA) is 15.3 Å². The molecule has 0 heterocycles. The van der Waals surface area contributed by atoms with Gasteiger partial charge in [0.05, 0.1) is 0 Å². The van der Waals surface area contributed by atoms with Crippen LogP contribution < -0.4 is 5.32 Å². The molecule has 2 fully saturated rings. The van der Waals surface area contributed by atoms with E-state index >= 15 is 0 Å². The zero-order valence-electron chi connectivity index (χ0n) is 13.0. The first-order chi connectivity index (χ1) is 10.3. The molecule has 21 heavy (non-hydrogen) atoms. The van der Waals surface area contributed by atoms with Gasteiger partial charge in [-0.1, -0.05) is 19.1 Å². The second-order valence-corrected chi connectivity index (χ2v) is 6.62. The van der Waals surface area contributed by atoms with Crippen molar-refractivity contribution in [2.75, 3.05) is 19.6 Å². The Bertz CT molecular complexity index is 437. The van der Waals surface area contributed by atoms with E-state index < -0.39 is 0 Å². The molecule has 0 aromatic heterocycles. The Hall–Kier alpha value is -0.930. The van der Waals surface area contributed by atoms with E-state index in [0.29, 0.717) is 6.04 Å². The summed E-state index contributed by atoms with van der Waals surface area (Å²) in [5.41, 5.74) is 1.21. The van der Waals surface area contributed by atoms with E-state index in [-0.39, 0.29) is 5.82 Å². The van der Waals surface area contributed by atoms with Gasteiger partial charge in [0.15, 0.2) is 0 Å². The minimum absolute atomic E-state index is 0.151. The molecular weight excluding hydrogens is 263 g/mol. The molecule has 1 unspecified atom stereocenters. The summed E-state index contributed by atoms with van der Waals surface area (Å²) in [6, 6.07) is 8.18. The van der Waals surface area contributed by atoms with Crippen LogP contribution in [-0.4, -0.2) is 30.6 Å². The maximum absolute atomic E-state index is 13.1. The van der Waals surface area contributed by atoms with Crippen molar-refractivity contribution < 1.29 is 4.39 Å². The van der Waals surface area contributed by atoms with E-state index in [2.05, 4.69) is 17.1 Å². The molecular formula is C18H27FN2. The van der Waals surface area contributed by atoms with Crippen LogP contribution in [0.4, 0.5) is 4.39 Å². The first-order valence-electron chi connectivity index (χ1n) is 8.49. The molecule has 116 valence electrons. The van der Waals surface area contributed by atoms with Crippen molar-refractivity contribution in [2.24, 2.45) is 5.92 Å². The lowest BCUT2D eigenvalue weighted by Gasteiger charge is -2.26. The Morgan fingerprint density at radius 3 is 2.48 bits per heavy atom. The van der Waals surface area contributed by atoms with Gasteiger partial charge in [-0.15, -0.1) is 0 Å². The van der Waals surface area contributed by atoms with Gasteiger partial charge in [0.2, 0.25) is 0 Å². The van der Waals surface area contributed by atoms with Crippen LogP contribution in [0.3, 0.4) is 0 Å². The maximum Gasteiger partial charge on any atom is 0.123 e. The molecule has 0 aliphatic heterocycles. The Balaban J connectivity index is 1.56. The smallest absolute Gasteiger partial charge is 0.123 e. The molecule has 0 bridgehead atoms. The average Bonchev–Trinajstić information content (AvgIpc) is 3.37. The molecule has 1 aromatic carbocycles. The predicted molar refractivity (Wildman–Crippen MR) is 84.8 cm³/mol. The zero-order chi connectivity index (χ0) is 14.7. The zero-order valence-corrected chi connectivity index (χ0v) is 13.0. The van der Waals surface area contributed by atoms with Gasteiger partial charge in [0.1, 0.15) is 5.82 Å². The number of hydrogen-bond donors (Lipinski definition) is 1. The Labute approximate surface area is 127 Å². The lowest BCUT2D eigenvalue weighted by atomic mass is 10.0. The minimum Gasteiger partial charge on any atom is -0.310 e. The summed E-state index contributed by atoms with van der Waals surface area (Å²) in [4.78, 5) is 2.70. The average molecular weight is 290 g/mol. The van der Waals surface area contributed by atoms with E-state index in [1.807, 2.05) is 12.1 Å². The van der Waals surface area contributed by atoms with Gasteiger partial charge in [0.25, 0.3) is 0 Å². The van der Waals surface area contributed by atoms with E-state index in [0.717, 1.165) is 31.5 Å². The SMILES string of the molecule is CCNC(CCN(CC1CC1)C1CC1)c1ccc(F)cc1. The van der Waals surface area contributed by atoms with Crippen LogP contribution in [0.5, 0.6) is 0 Å². The van der Waals surface area contributed by atoms with Crippen LogP contribution in [0, 0.1) is 11.7 Å². The third kappa shape index (κ3) is 4.52. The fourth-order valence-electron chi connectivity index (χ4n) is 3.12. The van der Waals surface area contributed by atoms with E-state index in [9.17, 15) is 4.39 Å². The molecule has 3 heteroatoms. The first kappa shape index (κ1) is 15.0. The fraction of sp³-hybridized carbons (Fsp3) is 0.667. The van der Waals surface area contributed by atoms with Crippen molar-refractivity contribution in [3.8, 4) is 0 Å². The third-order valence-electron chi connectivity index (χ3n) is 4.68. The van der Waals surface area contributed by atoms with E-state index in [4.69, 9.17) is 0 Å². The molecule has 1 N–H and O–H groups in total. The van der Waals surface area contributed by atoms with E-state index in [1.54, 1.807) is 12.1 Å². The number of rotatable bonds is 9. The van der Waals surface area contributed by atoms with Crippen molar-refractivity contribution in [3.63, 3.8) is 0 Å². The Morgan fingerprint density at radius 2 is 1.90 bits per heavy atom. The molecule has 0 saturated heterocycles. The van der Waals surface area contributed by atoms with Gasteiger partial charge in [-0.2, -0.15) is 0 Å². The Kier molecular flexibility index (Phi) is 4.91. The van der Waals surface area contributed by atoms with Crippen LogP contribution in [0.1, 0.15) is 50.6 Å². The van der Waals surface area contributed by atoms with Crippen LogP contribution in [0.25, 0.3) is 0 Å². The fourth-order valence-corrected chi connectivity index (χ4v) is 3.12. The van der Waals surface area contributed by atoms with Crippen LogP contribution in [0.2, 0.25) is 0 Å². The second kappa shape index (κ2) is 6.89. The van der Waals surface area contributed by atoms with Crippen molar-refractivity contribution >= 4 is 0 Å². The lowest BCUT2D eigenvalue weighted by molar-refractivity contribution is 0.238.